The predicted molar refractivity (Wildman–Crippen MR) is 119 cm³/mol. The number of piperazine rings is 1. The smallest absolute Gasteiger partial charge is 0.270 e. The lowest BCUT2D eigenvalue weighted by atomic mass is 10.1. The summed E-state index contributed by atoms with van der Waals surface area (Å²) in [6.07, 6.45) is 0. The number of nitro groups is 1. The van der Waals surface area contributed by atoms with Gasteiger partial charge in [0.1, 0.15) is 6.04 Å². The summed E-state index contributed by atoms with van der Waals surface area (Å²) in [5.41, 5.74) is -0.0448. The Balaban J connectivity index is 1.27. The number of thiophene rings is 1. The van der Waals surface area contributed by atoms with Crippen molar-refractivity contribution in [2.45, 2.75) is 19.5 Å². The second-order valence-corrected chi connectivity index (χ2v) is 8.54. The van der Waals surface area contributed by atoms with Gasteiger partial charge in [-0.1, -0.05) is 17.3 Å². The number of benzene rings is 1. The number of rotatable bonds is 7. The van der Waals surface area contributed by atoms with Gasteiger partial charge < -0.3 is 14.7 Å². The lowest BCUT2D eigenvalue weighted by Gasteiger charge is -2.35. The van der Waals surface area contributed by atoms with Crippen molar-refractivity contribution in [3.8, 4) is 10.7 Å². The molecule has 11 nitrogen and oxygen atoms in total. The fourth-order valence-corrected chi connectivity index (χ4v) is 4.17. The van der Waals surface area contributed by atoms with Crippen molar-refractivity contribution >= 4 is 28.8 Å². The van der Waals surface area contributed by atoms with E-state index in [0.717, 1.165) is 4.88 Å². The topological polar surface area (TPSA) is 135 Å². The molecule has 1 N–H and O–H groups in total. The zero-order chi connectivity index (χ0) is 23.4. The van der Waals surface area contributed by atoms with Crippen LogP contribution in [0.2, 0.25) is 0 Å². The molecule has 2 aromatic heterocycles. The summed E-state index contributed by atoms with van der Waals surface area (Å²) in [6.45, 7) is 4.37. The maximum atomic E-state index is 12.8. The zero-order valence-corrected chi connectivity index (χ0v) is 18.7. The van der Waals surface area contributed by atoms with E-state index in [1.165, 1.54) is 24.3 Å². The maximum Gasteiger partial charge on any atom is 0.270 e. The number of carbonyl (C=O) groups is 2. The van der Waals surface area contributed by atoms with Crippen LogP contribution >= 0.6 is 11.3 Å². The second kappa shape index (κ2) is 9.88. The molecule has 1 aromatic carbocycles. The number of nitrogens with zero attached hydrogens (tertiary/aromatic N) is 5. The average molecular weight is 471 g/mol. The van der Waals surface area contributed by atoms with Crippen molar-refractivity contribution < 1.29 is 19.0 Å². The molecule has 0 bridgehead atoms. The van der Waals surface area contributed by atoms with Crippen molar-refractivity contribution in [3.05, 3.63) is 63.3 Å². The average Bonchev–Trinajstić information content (AvgIpc) is 3.51. The molecule has 3 heterocycles. The molecule has 1 saturated heterocycles. The Morgan fingerprint density at radius 3 is 2.73 bits per heavy atom. The summed E-state index contributed by atoms with van der Waals surface area (Å²) in [7, 11) is 0. The predicted octanol–water partition coefficient (Wildman–Crippen LogP) is 2.17. The number of aromatic nitrogens is 2. The van der Waals surface area contributed by atoms with Gasteiger partial charge in [-0.2, -0.15) is 4.98 Å². The molecule has 1 unspecified atom stereocenters. The third-order valence-electron chi connectivity index (χ3n) is 5.29. The van der Waals surface area contributed by atoms with Crippen LogP contribution < -0.4 is 5.32 Å². The summed E-state index contributed by atoms with van der Waals surface area (Å²) in [4.78, 5) is 44.7. The van der Waals surface area contributed by atoms with Crippen LogP contribution in [0, 0.1) is 10.1 Å². The molecule has 0 spiro atoms. The molecule has 2 amide bonds. The van der Waals surface area contributed by atoms with Crippen LogP contribution in [-0.2, 0) is 11.3 Å². The first-order valence-corrected chi connectivity index (χ1v) is 11.2. The largest absolute Gasteiger partial charge is 0.341 e. The molecule has 3 aromatic rings. The van der Waals surface area contributed by atoms with Gasteiger partial charge in [0.15, 0.2) is 0 Å². The first kappa shape index (κ1) is 22.6. The van der Waals surface area contributed by atoms with Gasteiger partial charge in [-0.25, -0.2) is 0 Å². The fourth-order valence-electron chi connectivity index (χ4n) is 3.52. The van der Waals surface area contributed by atoms with E-state index in [2.05, 4.69) is 20.4 Å². The van der Waals surface area contributed by atoms with Crippen LogP contribution in [0.25, 0.3) is 10.7 Å². The van der Waals surface area contributed by atoms with E-state index >= 15 is 0 Å². The van der Waals surface area contributed by atoms with E-state index in [0.29, 0.717) is 44.4 Å². The minimum absolute atomic E-state index is 0.134. The number of carbonyl (C=O) groups excluding carboxylic acids is 2. The molecule has 33 heavy (non-hydrogen) atoms. The van der Waals surface area contributed by atoms with Crippen molar-refractivity contribution in [1.29, 1.82) is 0 Å². The highest BCUT2D eigenvalue weighted by molar-refractivity contribution is 7.13. The van der Waals surface area contributed by atoms with Gasteiger partial charge in [-0.3, -0.25) is 24.6 Å². The normalized spacial score (nSPS) is 15.2. The summed E-state index contributed by atoms with van der Waals surface area (Å²) >= 11 is 1.54. The highest BCUT2D eigenvalue weighted by Gasteiger charge is 2.27. The first-order chi connectivity index (χ1) is 15.9. The molecule has 1 atom stereocenters. The summed E-state index contributed by atoms with van der Waals surface area (Å²) in [5, 5.41) is 19.5. The van der Waals surface area contributed by atoms with Gasteiger partial charge in [0.2, 0.25) is 17.6 Å². The zero-order valence-electron chi connectivity index (χ0n) is 17.8. The van der Waals surface area contributed by atoms with E-state index < -0.39 is 16.9 Å². The van der Waals surface area contributed by atoms with Gasteiger partial charge in [0, 0.05) is 43.9 Å². The van der Waals surface area contributed by atoms with Crippen molar-refractivity contribution in [2.75, 3.05) is 26.2 Å². The number of nitro benzene ring substituents is 1. The number of hydrogen-bond acceptors (Lipinski definition) is 9. The minimum Gasteiger partial charge on any atom is -0.341 e. The Morgan fingerprint density at radius 2 is 2.03 bits per heavy atom. The van der Waals surface area contributed by atoms with Crippen LogP contribution in [0.5, 0.6) is 0 Å². The number of non-ortho nitro benzene ring substituents is 1. The summed E-state index contributed by atoms with van der Waals surface area (Å²) < 4.78 is 5.35. The second-order valence-electron chi connectivity index (χ2n) is 7.59. The standard InChI is InChI=1S/C21H22N6O5S/c1-14(22-20(28)15-4-2-5-16(12-15)27(30)31)21(29)26-9-7-25(8-10-26)13-18-23-19(24-32-18)17-6-3-11-33-17/h2-6,11-12,14H,7-10,13H2,1H3,(H,22,28). The van der Waals surface area contributed by atoms with Gasteiger partial charge in [-0.15, -0.1) is 11.3 Å². The van der Waals surface area contributed by atoms with Crippen LogP contribution in [0.4, 0.5) is 5.69 Å². The number of hydrogen-bond donors (Lipinski definition) is 1. The van der Waals surface area contributed by atoms with E-state index in [1.807, 2.05) is 17.5 Å². The molecule has 1 fully saturated rings. The Labute approximate surface area is 193 Å². The summed E-state index contributed by atoms with van der Waals surface area (Å²) in [5.74, 6) is 0.361. The van der Waals surface area contributed by atoms with E-state index in [-0.39, 0.29) is 17.2 Å². The Hall–Kier alpha value is -3.64. The SMILES string of the molecule is CC(NC(=O)c1cccc([N+](=O)[O-])c1)C(=O)N1CCN(Cc2nc(-c3cccs3)no2)CC1. The highest BCUT2D eigenvalue weighted by Crippen LogP contribution is 2.22. The molecule has 12 heteroatoms. The highest BCUT2D eigenvalue weighted by atomic mass is 32.1. The number of nitrogens with one attached hydrogen (secondary N) is 1. The first-order valence-electron chi connectivity index (χ1n) is 10.3. The molecule has 0 saturated carbocycles. The molecule has 4 rings (SSSR count). The molecular weight excluding hydrogens is 448 g/mol. The van der Waals surface area contributed by atoms with Crippen LogP contribution in [-0.4, -0.2) is 68.9 Å². The fraction of sp³-hybridized carbons (Fsp3) is 0.333. The molecule has 172 valence electrons. The Kier molecular flexibility index (Phi) is 6.75. The van der Waals surface area contributed by atoms with Crippen molar-refractivity contribution in [1.82, 2.24) is 25.3 Å². The lowest BCUT2D eigenvalue weighted by molar-refractivity contribution is -0.384. The van der Waals surface area contributed by atoms with Gasteiger partial charge in [0.05, 0.1) is 16.3 Å². The van der Waals surface area contributed by atoms with E-state index in [9.17, 15) is 19.7 Å². The van der Waals surface area contributed by atoms with Crippen molar-refractivity contribution in [2.24, 2.45) is 0 Å². The van der Waals surface area contributed by atoms with Crippen LogP contribution in [0.15, 0.2) is 46.3 Å². The Bertz CT molecular complexity index is 1140. The van der Waals surface area contributed by atoms with E-state index in [1.54, 1.807) is 23.2 Å². The molecular formula is C21H22N6O5S. The third kappa shape index (κ3) is 5.41. The quantitative estimate of drug-likeness (QED) is 0.410. The monoisotopic (exact) mass is 470 g/mol. The minimum atomic E-state index is -0.757. The van der Waals surface area contributed by atoms with Gasteiger partial charge >= 0.3 is 0 Å². The molecule has 1 aliphatic rings. The van der Waals surface area contributed by atoms with E-state index in [4.69, 9.17) is 4.52 Å². The lowest BCUT2D eigenvalue weighted by Crippen LogP contribution is -2.53. The number of amides is 2. The Morgan fingerprint density at radius 1 is 1.24 bits per heavy atom. The van der Waals surface area contributed by atoms with Gasteiger partial charge in [0.25, 0.3) is 11.6 Å². The molecule has 0 radical (unpaired) electrons. The van der Waals surface area contributed by atoms with Crippen LogP contribution in [0.3, 0.4) is 0 Å². The maximum absolute atomic E-state index is 12.8. The molecule has 0 aliphatic carbocycles. The van der Waals surface area contributed by atoms with Crippen LogP contribution in [0.1, 0.15) is 23.2 Å². The summed E-state index contributed by atoms with van der Waals surface area (Å²) in [6, 6.07) is 8.51. The van der Waals surface area contributed by atoms with Crippen molar-refractivity contribution in [3.63, 3.8) is 0 Å². The molecule has 1 aliphatic heterocycles. The third-order valence-corrected chi connectivity index (χ3v) is 6.16. The van der Waals surface area contributed by atoms with Gasteiger partial charge in [-0.05, 0) is 24.4 Å².